The van der Waals surface area contributed by atoms with Crippen molar-refractivity contribution >= 4 is 0 Å². The molecule has 2 aliphatic rings. The van der Waals surface area contributed by atoms with Crippen molar-refractivity contribution in [2.45, 2.75) is 96.5 Å². The maximum Gasteiger partial charge on any atom is 0.0575 e. The van der Waals surface area contributed by atoms with E-state index in [1.807, 2.05) is 0 Å². The minimum absolute atomic E-state index is 0.582. The van der Waals surface area contributed by atoms with Gasteiger partial charge in [0.25, 0.3) is 0 Å². The molecule has 0 amide bonds. The Hall–Kier alpha value is -0.300. The van der Waals surface area contributed by atoms with Crippen LogP contribution in [0.3, 0.4) is 0 Å². The first-order valence-corrected chi connectivity index (χ1v) is 10.1. The van der Waals surface area contributed by atoms with Crippen LogP contribution in [0.1, 0.15) is 90.4 Å². The van der Waals surface area contributed by atoms with Gasteiger partial charge in [0.15, 0.2) is 0 Å². The molecule has 1 nitrogen and oxygen atoms in total. The SMILES string of the molecule is C=CCCC[C@H]1CC[C@H]([C@H]2CC[C@H](OCCCC)CC2)CC1. The average molecular weight is 307 g/mol. The van der Waals surface area contributed by atoms with Crippen LogP contribution in [0, 0.1) is 17.8 Å². The summed E-state index contributed by atoms with van der Waals surface area (Å²) in [5, 5.41) is 0. The summed E-state index contributed by atoms with van der Waals surface area (Å²) in [7, 11) is 0. The van der Waals surface area contributed by atoms with Gasteiger partial charge in [-0.25, -0.2) is 0 Å². The summed E-state index contributed by atoms with van der Waals surface area (Å²) >= 11 is 0. The smallest absolute Gasteiger partial charge is 0.0575 e. The maximum absolute atomic E-state index is 6.02. The Bertz CT molecular complexity index is 282. The fourth-order valence-corrected chi connectivity index (χ4v) is 4.62. The van der Waals surface area contributed by atoms with E-state index in [9.17, 15) is 0 Å². The standard InChI is InChI=1S/C21H38O/c1-3-5-7-8-18-9-11-19(12-10-18)20-13-15-21(16-14-20)22-17-6-4-2/h3,18-21H,1,4-17H2,2H3/t18-,19-,20-,21-. The van der Waals surface area contributed by atoms with E-state index in [0.29, 0.717) is 6.10 Å². The Balaban J connectivity index is 1.59. The lowest BCUT2D eigenvalue weighted by molar-refractivity contribution is 0.00577. The molecule has 2 fully saturated rings. The van der Waals surface area contributed by atoms with Crippen LogP contribution < -0.4 is 0 Å². The van der Waals surface area contributed by atoms with Gasteiger partial charge in [0.1, 0.15) is 0 Å². The molecule has 0 aromatic heterocycles. The Kier molecular flexibility index (Phi) is 8.59. The van der Waals surface area contributed by atoms with E-state index in [4.69, 9.17) is 4.74 Å². The van der Waals surface area contributed by atoms with Crippen molar-refractivity contribution in [2.24, 2.45) is 17.8 Å². The highest BCUT2D eigenvalue weighted by atomic mass is 16.5. The van der Waals surface area contributed by atoms with Gasteiger partial charge in [-0.3, -0.25) is 0 Å². The van der Waals surface area contributed by atoms with E-state index < -0.39 is 0 Å². The molecule has 0 heterocycles. The molecule has 22 heavy (non-hydrogen) atoms. The van der Waals surface area contributed by atoms with Gasteiger partial charge in [-0.15, -0.1) is 6.58 Å². The fraction of sp³-hybridized carbons (Fsp3) is 0.905. The Morgan fingerprint density at radius 1 is 0.909 bits per heavy atom. The quantitative estimate of drug-likeness (QED) is 0.348. The van der Waals surface area contributed by atoms with Crippen molar-refractivity contribution in [1.29, 1.82) is 0 Å². The van der Waals surface area contributed by atoms with Crippen LogP contribution in [-0.4, -0.2) is 12.7 Å². The van der Waals surface area contributed by atoms with Crippen molar-refractivity contribution in [1.82, 2.24) is 0 Å². The Labute approximate surface area is 138 Å². The molecule has 0 aromatic carbocycles. The molecule has 0 saturated heterocycles. The molecule has 0 aromatic rings. The molecule has 2 saturated carbocycles. The second kappa shape index (κ2) is 10.5. The largest absolute Gasteiger partial charge is 0.378 e. The maximum atomic E-state index is 6.02. The molecule has 2 aliphatic carbocycles. The van der Waals surface area contributed by atoms with E-state index in [2.05, 4.69) is 19.6 Å². The molecule has 0 N–H and O–H groups in total. The number of allylic oxidation sites excluding steroid dienone is 1. The van der Waals surface area contributed by atoms with E-state index in [0.717, 1.165) is 24.4 Å². The minimum Gasteiger partial charge on any atom is -0.378 e. The van der Waals surface area contributed by atoms with Crippen LogP contribution in [0.4, 0.5) is 0 Å². The fourth-order valence-electron chi connectivity index (χ4n) is 4.62. The number of hydrogen-bond donors (Lipinski definition) is 0. The van der Waals surface area contributed by atoms with Crippen LogP contribution in [-0.2, 0) is 4.74 Å². The third-order valence-electron chi connectivity index (χ3n) is 6.15. The summed E-state index contributed by atoms with van der Waals surface area (Å²) < 4.78 is 6.02. The summed E-state index contributed by atoms with van der Waals surface area (Å²) in [5.41, 5.74) is 0. The summed E-state index contributed by atoms with van der Waals surface area (Å²) in [5.74, 6) is 3.07. The highest BCUT2D eigenvalue weighted by Gasteiger charge is 2.30. The first-order valence-electron chi connectivity index (χ1n) is 10.1. The normalized spacial score (nSPS) is 32.8. The van der Waals surface area contributed by atoms with Crippen molar-refractivity contribution < 1.29 is 4.74 Å². The van der Waals surface area contributed by atoms with Gasteiger partial charge in [0.05, 0.1) is 6.10 Å². The Morgan fingerprint density at radius 2 is 1.55 bits per heavy atom. The van der Waals surface area contributed by atoms with E-state index in [1.54, 1.807) is 0 Å². The molecule has 0 radical (unpaired) electrons. The number of unbranched alkanes of at least 4 members (excludes halogenated alkanes) is 2. The number of rotatable bonds is 9. The third kappa shape index (κ3) is 6.07. The predicted molar refractivity (Wildman–Crippen MR) is 96.1 cm³/mol. The van der Waals surface area contributed by atoms with Gasteiger partial charge in [0, 0.05) is 6.61 Å². The first-order chi connectivity index (χ1) is 10.8. The monoisotopic (exact) mass is 306 g/mol. The lowest BCUT2D eigenvalue weighted by Crippen LogP contribution is -2.28. The van der Waals surface area contributed by atoms with Gasteiger partial charge < -0.3 is 4.74 Å². The van der Waals surface area contributed by atoms with Gasteiger partial charge in [0.2, 0.25) is 0 Å². The van der Waals surface area contributed by atoms with Crippen LogP contribution in [0.5, 0.6) is 0 Å². The lowest BCUT2D eigenvalue weighted by atomic mass is 9.70. The summed E-state index contributed by atoms with van der Waals surface area (Å²) in [6, 6.07) is 0. The molecule has 0 bridgehead atoms. The highest BCUT2D eigenvalue weighted by molar-refractivity contribution is 4.82. The average Bonchev–Trinajstić information content (AvgIpc) is 2.57. The van der Waals surface area contributed by atoms with E-state index in [-0.39, 0.29) is 0 Å². The van der Waals surface area contributed by atoms with Crippen LogP contribution in [0.25, 0.3) is 0 Å². The third-order valence-corrected chi connectivity index (χ3v) is 6.15. The molecule has 0 aliphatic heterocycles. The second-order valence-corrected chi connectivity index (χ2v) is 7.76. The van der Waals surface area contributed by atoms with Crippen LogP contribution >= 0.6 is 0 Å². The molecule has 1 heteroatoms. The summed E-state index contributed by atoms with van der Waals surface area (Å²) in [6.45, 7) is 7.07. The van der Waals surface area contributed by atoms with E-state index >= 15 is 0 Å². The molecule has 2 rings (SSSR count). The van der Waals surface area contributed by atoms with Crippen molar-refractivity contribution in [2.75, 3.05) is 6.61 Å². The zero-order valence-corrected chi connectivity index (χ0v) is 14.9. The van der Waals surface area contributed by atoms with Gasteiger partial charge in [-0.2, -0.15) is 0 Å². The summed E-state index contributed by atoms with van der Waals surface area (Å²) in [6.07, 6.45) is 20.7. The molecule has 0 atom stereocenters. The van der Waals surface area contributed by atoms with Gasteiger partial charge >= 0.3 is 0 Å². The number of hydrogen-bond acceptors (Lipinski definition) is 1. The van der Waals surface area contributed by atoms with Crippen molar-refractivity contribution in [3.05, 3.63) is 12.7 Å². The molecule has 0 unspecified atom stereocenters. The minimum atomic E-state index is 0.582. The van der Waals surface area contributed by atoms with E-state index in [1.165, 1.54) is 83.5 Å². The zero-order valence-electron chi connectivity index (χ0n) is 14.9. The predicted octanol–water partition coefficient (Wildman–Crippen LogP) is 6.52. The first kappa shape index (κ1) is 18.0. The van der Waals surface area contributed by atoms with Crippen LogP contribution in [0.2, 0.25) is 0 Å². The lowest BCUT2D eigenvalue weighted by Gasteiger charge is -2.37. The molecule has 128 valence electrons. The second-order valence-electron chi connectivity index (χ2n) is 7.76. The zero-order chi connectivity index (χ0) is 15.6. The highest BCUT2D eigenvalue weighted by Crippen LogP contribution is 2.41. The van der Waals surface area contributed by atoms with Crippen molar-refractivity contribution in [3.8, 4) is 0 Å². The van der Waals surface area contributed by atoms with Crippen LogP contribution in [0.15, 0.2) is 12.7 Å². The number of ether oxygens (including phenoxy) is 1. The van der Waals surface area contributed by atoms with Gasteiger partial charge in [-0.05, 0) is 75.5 Å². The summed E-state index contributed by atoms with van der Waals surface area (Å²) in [4.78, 5) is 0. The van der Waals surface area contributed by atoms with Crippen molar-refractivity contribution in [3.63, 3.8) is 0 Å². The topological polar surface area (TPSA) is 9.23 Å². The molecular formula is C21H38O. The Morgan fingerprint density at radius 3 is 2.14 bits per heavy atom. The molecule has 0 spiro atoms. The molecular weight excluding hydrogens is 268 g/mol. The van der Waals surface area contributed by atoms with Gasteiger partial charge in [-0.1, -0.05) is 38.7 Å².